The van der Waals surface area contributed by atoms with Crippen LogP contribution in [0.3, 0.4) is 0 Å². The number of hydrogen-bond donors (Lipinski definition) is 0. The van der Waals surface area contributed by atoms with E-state index in [9.17, 15) is 9.59 Å². The molecule has 140 valence electrons. The van der Waals surface area contributed by atoms with Crippen molar-refractivity contribution in [1.29, 1.82) is 0 Å². The zero-order chi connectivity index (χ0) is 18.8. The second kappa shape index (κ2) is 7.51. The molecule has 5 heteroatoms. The maximum atomic E-state index is 12.8. The first-order chi connectivity index (χ1) is 13.1. The Morgan fingerprint density at radius 2 is 1.81 bits per heavy atom. The summed E-state index contributed by atoms with van der Waals surface area (Å²) in [5.41, 5.74) is 3.91. The molecule has 27 heavy (non-hydrogen) atoms. The SMILES string of the molecule is Cc1cnccc1-c1ccc(C(=O)N2CCN(C3CCCC3)C(=O)C2)cc1. The summed E-state index contributed by atoms with van der Waals surface area (Å²) in [6, 6.07) is 10.00. The average Bonchev–Trinajstić information content (AvgIpc) is 3.22. The molecule has 0 unspecified atom stereocenters. The molecule has 1 saturated carbocycles. The first-order valence-electron chi connectivity index (χ1n) is 9.73. The molecule has 0 spiro atoms. The maximum Gasteiger partial charge on any atom is 0.254 e. The van der Waals surface area contributed by atoms with Gasteiger partial charge < -0.3 is 9.80 Å². The zero-order valence-corrected chi connectivity index (χ0v) is 15.7. The third kappa shape index (κ3) is 3.59. The monoisotopic (exact) mass is 363 g/mol. The Bertz CT molecular complexity index is 841. The van der Waals surface area contributed by atoms with Gasteiger partial charge in [-0.05, 0) is 54.7 Å². The lowest BCUT2D eigenvalue weighted by Gasteiger charge is -2.37. The molecule has 0 bridgehead atoms. The smallest absolute Gasteiger partial charge is 0.254 e. The molecular formula is C22H25N3O2. The van der Waals surface area contributed by atoms with Crippen LogP contribution < -0.4 is 0 Å². The number of amides is 2. The fourth-order valence-corrected chi connectivity index (χ4v) is 4.23. The fourth-order valence-electron chi connectivity index (χ4n) is 4.23. The quantitative estimate of drug-likeness (QED) is 0.841. The molecule has 0 radical (unpaired) electrons. The molecule has 2 fully saturated rings. The van der Waals surface area contributed by atoms with Crippen LogP contribution in [0.1, 0.15) is 41.6 Å². The maximum absolute atomic E-state index is 12.8. The Morgan fingerprint density at radius 3 is 2.48 bits per heavy atom. The summed E-state index contributed by atoms with van der Waals surface area (Å²) in [4.78, 5) is 33.2. The minimum absolute atomic E-state index is 0.0626. The highest BCUT2D eigenvalue weighted by Crippen LogP contribution is 2.26. The van der Waals surface area contributed by atoms with Gasteiger partial charge in [-0.25, -0.2) is 0 Å². The van der Waals surface area contributed by atoms with Crippen molar-refractivity contribution < 1.29 is 9.59 Å². The highest BCUT2D eigenvalue weighted by molar-refractivity contribution is 5.97. The van der Waals surface area contributed by atoms with Crippen molar-refractivity contribution in [3.63, 3.8) is 0 Å². The number of aryl methyl sites for hydroxylation is 1. The van der Waals surface area contributed by atoms with Gasteiger partial charge in [0.05, 0.1) is 0 Å². The lowest BCUT2D eigenvalue weighted by atomic mass is 10.0. The van der Waals surface area contributed by atoms with Gasteiger partial charge in [-0.3, -0.25) is 14.6 Å². The summed E-state index contributed by atoms with van der Waals surface area (Å²) >= 11 is 0. The predicted molar refractivity (Wildman–Crippen MR) is 104 cm³/mol. The van der Waals surface area contributed by atoms with Gasteiger partial charge in [0.2, 0.25) is 5.91 Å². The largest absolute Gasteiger partial charge is 0.336 e. The van der Waals surface area contributed by atoms with E-state index in [1.54, 1.807) is 11.1 Å². The zero-order valence-electron chi connectivity index (χ0n) is 15.7. The third-order valence-corrected chi connectivity index (χ3v) is 5.77. The Kier molecular flexibility index (Phi) is 4.92. The molecular weight excluding hydrogens is 338 g/mol. The van der Waals surface area contributed by atoms with E-state index in [4.69, 9.17) is 0 Å². The van der Waals surface area contributed by atoms with Crippen molar-refractivity contribution in [2.24, 2.45) is 0 Å². The lowest BCUT2D eigenvalue weighted by Crippen LogP contribution is -2.54. The topological polar surface area (TPSA) is 53.5 Å². The number of benzene rings is 1. The number of carbonyl (C=O) groups is 2. The number of pyridine rings is 1. The van der Waals surface area contributed by atoms with Crippen LogP contribution in [0.15, 0.2) is 42.7 Å². The number of nitrogens with zero attached hydrogens (tertiary/aromatic N) is 3. The van der Waals surface area contributed by atoms with Crippen LogP contribution in [-0.4, -0.2) is 52.3 Å². The van der Waals surface area contributed by atoms with E-state index < -0.39 is 0 Å². The van der Waals surface area contributed by atoms with Crippen molar-refractivity contribution in [2.45, 2.75) is 38.6 Å². The van der Waals surface area contributed by atoms with Crippen LogP contribution in [0.25, 0.3) is 11.1 Å². The van der Waals surface area contributed by atoms with Gasteiger partial charge >= 0.3 is 0 Å². The normalized spacial score (nSPS) is 18.2. The molecule has 1 aromatic carbocycles. The molecule has 2 heterocycles. The number of carbonyl (C=O) groups excluding carboxylic acids is 2. The van der Waals surface area contributed by atoms with Crippen molar-refractivity contribution in [1.82, 2.24) is 14.8 Å². The molecule has 2 aliphatic rings. The number of piperazine rings is 1. The number of hydrogen-bond acceptors (Lipinski definition) is 3. The summed E-state index contributed by atoms with van der Waals surface area (Å²) in [7, 11) is 0. The Balaban J connectivity index is 1.44. The van der Waals surface area contributed by atoms with Gasteiger partial charge in [0.1, 0.15) is 6.54 Å². The summed E-state index contributed by atoms with van der Waals surface area (Å²) < 4.78 is 0. The van der Waals surface area contributed by atoms with E-state index in [1.807, 2.05) is 48.4 Å². The number of aromatic nitrogens is 1. The Labute approximate surface area is 160 Å². The highest BCUT2D eigenvalue weighted by atomic mass is 16.2. The molecule has 2 aromatic rings. The van der Waals surface area contributed by atoms with Crippen LogP contribution in [0.2, 0.25) is 0 Å². The molecule has 1 aliphatic carbocycles. The molecule has 1 aliphatic heterocycles. The lowest BCUT2D eigenvalue weighted by molar-refractivity contribution is -0.137. The van der Waals surface area contributed by atoms with Crippen LogP contribution in [0.5, 0.6) is 0 Å². The predicted octanol–water partition coefficient (Wildman–Crippen LogP) is 3.28. The van der Waals surface area contributed by atoms with Gasteiger partial charge in [-0.1, -0.05) is 25.0 Å². The van der Waals surface area contributed by atoms with Crippen LogP contribution in [0.4, 0.5) is 0 Å². The second-order valence-corrected chi connectivity index (χ2v) is 7.52. The first-order valence-corrected chi connectivity index (χ1v) is 9.73. The van der Waals surface area contributed by atoms with Crippen molar-refractivity contribution >= 4 is 11.8 Å². The summed E-state index contributed by atoms with van der Waals surface area (Å²) in [6.45, 7) is 3.49. The summed E-state index contributed by atoms with van der Waals surface area (Å²) in [5, 5.41) is 0. The van der Waals surface area contributed by atoms with E-state index in [1.165, 1.54) is 12.8 Å². The van der Waals surface area contributed by atoms with Gasteiger partial charge in [-0.15, -0.1) is 0 Å². The highest BCUT2D eigenvalue weighted by Gasteiger charge is 2.33. The second-order valence-electron chi connectivity index (χ2n) is 7.52. The molecule has 1 aromatic heterocycles. The standard InChI is InChI=1S/C22H25N3O2/c1-16-14-23-11-10-20(16)17-6-8-18(9-7-17)22(27)24-12-13-25(21(26)15-24)19-4-2-3-5-19/h6-11,14,19H,2-5,12-13,15H2,1H3. The molecule has 0 N–H and O–H groups in total. The Morgan fingerprint density at radius 1 is 1.07 bits per heavy atom. The van der Waals surface area contributed by atoms with Crippen molar-refractivity contribution in [2.75, 3.05) is 19.6 Å². The van der Waals surface area contributed by atoms with Crippen molar-refractivity contribution in [3.05, 3.63) is 53.9 Å². The van der Waals surface area contributed by atoms with Crippen molar-refractivity contribution in [3.8, 4) is 11.1 Å². The molecule has 1 saturated heterocycles. The van der Waals surface area contributed by atoms with Gasteiger partial charge in [0, 0.05) is 37.1 Å². The molecule has 0 atom stereocenters. The minimum atomic E-state index is -0.0626. The summed E-state index contributed by atoms with van der Waals surface area (Å²) in [5.74, 6) is 0.0259. The molecule has 2 amide bonds. The first kappa shape index (κ1) is 17.7. The van der Waals surface area contributed by atoms with E-state index in [-0.39, 0.29) is 18.4 Å². The van der Waals surface area contributed by atoms with E-state index in [0.717, 1.165) is 29.5 Å². The van der Waals surface area contributed by atoms with Gasteiger partial charge in [-0.2, -0.15) is 0 Å². The van der Waals surface area contributed by atoms with E-state index in [0.29, 0.717) is 24.7 Å². The molecule has 5 nitrogen and oxygen atoms in total. The Hall–Kier alpha value is -2.69. The van der Waals surface area contributed by atoms with E-state index >= 15 is 0 Å². The van der Waals surface area contributed by atoms with Crippen LogP contribution in [-0.2, 0) is 4.79 Å². The fraction of sp³-hybridized carbons (Fsp3) is 0.409. The van der Waals surface area contributed by atoms with E-state index in [2.05, 4.69) is 4.98 Å². The minimum Gasteiger partial charge on any atom is -0.336 e. The average molecular weight is 363 g/mol. The summed E-state index contributed by atoms with van der Waals surface area (Å²) in [6.07, 6.45) is 8.24. The van der Waals surface area contributed by atoms with Gasteiger partial charge in [0.15, 0.2) is 0 Å². The number of rotatable bonds is 3. The van der Waals surface area contributed by atoms with Crippen LogP contribution in [0, 0.1) is 6.92 Å². The van der Waals surface area contributed by atoms with Gasteiger partial charge in [0.25, 0.3) is 5.91 Å². The third-order valence-electron chi connectivity index (χ3n) is 5.77. The molecule has 4 rings (SSSR count). The van der Waals surface area contributed by atoms with Crippen LogP contribution >= 0.6 is 0 Å².